The maximum absolute atomic E-state index is 3.75. The van der Waals surface area contributed by atoms with Crippen molar-refractivity contribution in [1.82, 2.24) is 4.98 Å². The van der Waals surface area contributed by atoms with Gasteiger partial charge < -0.3 is 4.98 Å². The quantitative estimate of drug-likeness (QED) is 0.632. The Morgan fingerprint density at radius 3 is 1.86 bits per heavy atom. The molecule has 0 bridgehead atoms. The van der Waals surface area contributed by atoms with Gasteiger partial charge in [0.1, 0.15) is 0 Å². The Kier molecular flexibility index (Phi) is 3.92. The summed E-state index contributed by atoms with van der Waals surface area (Å²) in [6, 6.07) is 6.36. The zero-order valence-electron chi connectivity index (χ0n) is 3.66. The minimum atomic E-state index is 0. The molecule has 7 heavy (non-hydrogen) atoms. The molecule has 0 spiro atoms. The van der Waals surface area contributed by atoms with Crippen molar-refractivity contribution in [3.63, 3.8) is 0 Å². The molecule has 0 fully saturated rings. The topological polar surface area (TPSA) is 12.9 Å². The van der Waals surface area contributed by atoms with Crippen LogP contribution < -0.4 is 0 Å². The molecule has 0 atom stereocenters. The molecule has 0 radical (unpaired) electrons. The van der Waals surface area contributed by atoms with Gasteiger partial charge in [-0.05, 0) is 0 Å². The minimum absolute atomic E-state index is 0. The van der Waals surface area contributed by atoms with Crippen LogP contribution in [0.2, 0.25) is 0 Å². The van der Waals surface area contributed by atoms with Gasteiger partial charge in [-0.15, -0.1) is 0 Å². The molecule has 1 heterocycles. The third-order valence-corrected chi connectivity index (χ3v) is 0.514. The Bertz CT molecular complexity index is 80.0. The summed E-state index contributed by atoms with van der Waals surface area (Å²) in [7, 11) is 0. The number of aromatic nitrogens is 1. The van der Waals surface area contributed by atoms with E-state index in [-0.39, 0.29) is 21.1 Å². The van der Waals surface area contributed by atoms with E-state index in [2.05, 4.69) is 11.1 Å². The summed E-state index contributed by atoms with van der Waals surface area (Å²) >= 11 is 0. The van der Waals surface area contributed by atoms with Crippen LogP contribution in [0.4, 0.5) is 0 Å². The minimum Gasteiger partial charge on any atom is -0.391 e. The predicted molar refractivity (Wildman–Crippen MR) is 23.1 cm³/mol. The maximum atomic E-state index is 3.75. The Hall–Kier alpha value is -0.162. The second kappa shape index (κ2) is 4.01. The van der Waals surface area contributed by atoms with Crippen LogP contribution in [0, 0.1) is 6.07 Å². The van der Waals surface area contributed by atoms with E-state index in [9.17, 15) is 0 Å². The number of hydrogen-bond acceptors (Lipinski definition) is 1. The number of hydrogen-bond donors (Lipinski definition) is 0. The van der Waals surface area contributed by atoms with E-state index in [1.54, 1.807) is 24.5 Å². The SMILES string of the molecule is [W].[c-]1ccncc1. The molecule has 0 aliphatic rings. The van der Waals surface area contributed by atoms with Crippen molar-refractivity contribution in [2.75, 3.05) is 0 Å². The van der Waals surface area contributed by atoms with Crippen LogP contribution in [0.25, 0.3) is 0 Å². The van der Waals surface area contributed by atoms with Gasteiger partial charge in [0.25, 0.3) is 0 Å². The summed E-state index contributed by atoms with van der Waals surface area (Å²) in [4.78, 5) is 3.75. The first-order chi connectivity index (χ1) is 3.00. The smallest absolute Gasteiger partial charge is 0 e. The zero-order chi connectivity index (χ0) is 4.24. The van der Waals surface area contributed by atoms with Crippen LogP contribution in [0.1, 0.15) is 0 Å². The van der Waals surface area contributed by atoms with Gasteiger partial charge in [0.2, 0.25) is 0 Å². The summed E-state index contributed by atoms with van der Waals surface area (Å²) in [5, 5.41) is 0. The van der Waals surface area contributed by atoms with E-state index >= 15 is 0 Å². The van der Waals surface area contributed by atoms with Crippen LogP contribution in [0.3, 0.4) is 0 Å². The van der Waals surface area contributed by atoms with E-state index in [0.717, 1.165) is 0 Å². The van der Waals surface area contributed by atoms with Gasteiger partial charge in [-0.3, -0.25) is 0 Å². The Balaban J connectivity index is 0.000000360. The molecule has 1 nitrogen and oxygen atoms in total. The summed E-state index contributed by atoms with van der Waals surface area (Å²) in [5.41, 5.74) is 0. The van der Waals surface area contributed by atoms with E-state index in [1.165, 1.54) is 0 Å². The molecule has 0 saturated carbocycles. The van der Waals surface area contributed by atoms with Crippen LogP contribution >= 0.6 is 0 Å². The second-order valence-electron chi connectivity index (χ2n) is 0.947. The molecule has 1 rings (SSSR count). The number of pyridine rings is 1. The van der Waals surface area contributed by atoms with Crippen molar-refractivity contribution >= 4 is 0 Å². The zero-order valence-corrected chi connectivity index (χ0v) is 6.60. The van der Waals surface area contributed by atoms with Crippen LogP contribution in [0.5, 0.6) is 0 Å². The average molecular weight is 262 g/mol. The Morgan fingerprint density at radius 1 is 1.14 bits per heavy atom. The normalized spacial score (nSPS) is 6.86. The van der Waals surface area contributed by atoms with E-state index in [0.29, 0.717) is 0 Å². The van der Waals surface area contributed by atoms with Gasteiger partial charge >= 0.3 is 0 Å². The fraction of sp³-hybridized carbons (Fsp3) is 0. The number of nitrogens with zero attached hydrogens (tertiary/aromatic N) is 1. The van der Waals surface area contributed by atoms with Gasteiger partial charge in [-0.1, -0.05) is 12.4 Å². The number of rotatable bonds is 0. The largest absolute Gasteiger partial charge is 0.391 e. The van der Waals surface area contributed by atoms with E-state index < -0.39 is 0 Å². The first-order valence-corrected chi connectivity index (χ1v) is 1.76. The second-order valence-corrected chi connectivity index (χ2v) is 0.947. The standard InChI is InChI=1S/C5H4N.W/c1-2-4-6-5-3-1;/h2-5H;/q-1;. The van der Waals surface area contributed by atoms with Crippen molar-refractivity contribution in [2.24, 2.45) is 0 Å². The summed E-state index contributed by atoms with van der Waals surface area (Å²) < 4.78 is 0. The van der Waals surface area contributed by atoms with Crippen molar-refractivity contribution < 1.29 is 21.1 Å². The van der Waals surface area contributed by atoms with Crippen molar-refractivity contribution in [3.8, 4) is 0 Å². The van der Waals surface area contributed by atoms with Crippen LogP contribution in [0.15, 0.2) is 24.5 Å². The van der Waals surface area contributed by atoms with Crippen molar-refractivity contribution in [2.45, 2.75) is 0 Å². The third-order valence-electron chi connectivity index (χ3n) is 0.514. The summed E-state index contributed by atoms with van der Waals surface area (Å²) in [6.45, 7) is 0. The van der Waals surface area contributed by atoms with E-state index in [4.69, 9.17) is 0 Å². The molecule has 2 heteroatoms. The summed E-state index contributed by atoms with van der Waals surface area (Å²) in [6.07, 6.45) is 3.39. The molecule has 0 aliphatic heterocycles. The molecular weight excluding hydrogens is 258 g/mol. The molecule has 36 valence electrons. The fourth-order valence-corrected chi connectivity index (χ4v) is 0.277. The van der Waals surface area contributed by atoms with Crippen molar-refractivity contribution in [1.29, 1.82) is 0 Å². The molecule has 0 aliphatic carbocycles. The van der Waals surface area contributed by atoms with Gasteiger partial charge in [0.15, 0.2) is 0 Å². The average Bonchev–Trinajstić information content (AvgIpc) is 1.72. The Labute approximate surface area is 57.0 Å². The van der Waals surface area contributed by atoms with E-state index in [1.807, 2.05) is 0 Å². The molecule has 0 N–H and O–H groups in total. The fourth-order valence-electron chi connectivity index (χ4n) is 0.277. The molecule has 0 amide bonds. The molecule has 0 saturated heterocycles. The van der Waals surface area contributed by atoms with Gasteiger partial charge in [0.05, 0.1) is 0 Å². The molecular formula is C5H4NW-. The summed E-state index contributed by atoms with van der Waals surface area (Å²) in [5.74, 6) is 0. The van der Waals surface area contributed by atoms with Crippen molar-refractivity contribution in [3.05, 3.63) is 30.6 Å². The molecule has 0 aromatic carbocycles. The third kappa shape index (κ3) is 2.52. The molecule has 1 aromatic heterocycles. The van der Waals surface area contributed by atoms with Gasteiger partial charge in [-0.2, -0.15) is 18.2 Å². The Morgan fingerprint density at radius 2 is 1.71 bits per heavy atom. The van der Waals surface area contributed by atoms with Gasteiger partial charge in [0, 0.05) is 21.1 Å². The first-order valence-electron chi connectivity index (χ1n) is 1.76. The molecule has 0 unspecified atom stereocenters. The van der Waals surface area contributed by atoms with Gasteiger partial charge in [-0.25, -0.2) is 0 Å². The first kappa shape index (κ1) is 6.84. The van der Waals surface area contributed by atoms with Crippen LogP contribution in [-0.4, -0.2) is 4.98 Å². The maximum Gasteiger partial charge on any atom is 0 e. The molecule has 1 aromatic rings. The van der Waals surface area contributed by atoms with Crippen LogP contribution in [-0.2, 0) is 21.1 Å². The monoisotopic (exact) mass is 262 g/mol. The predicted octanol–water partition coefficient (Wildman–Crippen LogP) is 0.879.